The summed E-state index contributed by atoms with van der Waals surface area (Å²) in [5.74, 6) is 0.554. The highest BCUT2D eigenvalue weighted by Gasteiger charge is 2.39. The molecule has 0 saturated carbocycles. The van der Waals surface area contributed by atoms with Crippen LogP contribution in [0.25, 0.3) is 0 Å². The monoisotopic (exact) mass is 444 g/mol. The Balaban J connectivity index is 1.90. The number of hydrogen-bond donors (Lipinski definition) is 2. The van der Waals surface area contributed by atoms with Crippen LogP contribution < -0.4 is 14.9 Å². The fraction of sp³-hybridized carbons (Fsp3) is 0.185. The number of methoxy groups -OCH3 is 1. The Labute approximate surface area is 194 Å². The van der Waals surface area contributed by atoms with Crippen molar-refractivity contribution in [2.75, 3.05) is 13.7 Å². The molecule has 0 unspecified atom stereocenters. The lowest BCUT2D eigenvalue weighted by molar-refractivity contribution is -0.136. The van der Waals surface area contributed by atoms with Gasteiger partial charge in [0, 0.05) is 5.56 Å². The number of carbonyl (C=O) groups excluding carboxylic acids is 1. The van der Waals surface area contributed by atoms with Crippen LogP contribution in [0, 0.1) is 0 Å². The highest BCUT2D eigenvalue weighted by Crippen LogP contribution is 2.33. The third-order valence-corrected chi connectivity index (χ3v) is 5.12. The molecule has 0 aliphatic rings. The van der Waals surface area contributed by atoms with Crippen LogP contribution in [0.2, 0.25) is 0 Å². The topological polar surface area (TPSA) is 80.2 Å². The number of nitrogens with one attached hydrogen (secondary N) is 1. The van der Waals surface area contributed by atoms with Crippen LogP contribution in [0.5, 0.6) is 11.5 Å². The van der Waals surface area contributed by atoms with Gasteiger partial charge < -0.3 is 14.6 Å². The van der Waals surface area contributed by atoms with Gasteiger partial charge in [-0.2, -0.15) is 5.10 Å². The minimum absolute atomic E-state index is 0.444. The number of hydrogen-bond acceptors (Lipinski definition) is 5. The van der Waals surface area contributed by atoms with Crippen LogP contribution >= 0.6 is 0 Å². The van der Waals surface area contributed by atoms with Gasteiger partial charge in [-0.05, 0) is 42.2 Å². The number of allylic oxidation sites excluding steroid dienone is 1. The first-order chi connectivity index (χ1) is 16.0. The lowest BCUT2D eigenvalue weighted by atomic mass is 9.85. The molecule has 3 aromatic rings. The second-order valence-corrected chi connectivity index (χ2v) is 7.28. The van der Waals surface area contributed by atoms with E-state index in [1.807, 2.05) is 25.1 Å². The average Bonchev–Trinajstić information content (AvgIpc) is 2.86. The summed E-state index contributed by atoms with van der Waals surface area (Å²) in [5.41, 5.74) is 3.07. The molecular formula is C27H28N2O4. The van der Waals surface area contributed by atoms with Crippen LogP contribution in [0.3, 0.4) is 0 Å². The summed E-state index contributed by atoms with van der Waals surface area (Å²) in [6, 6.07) is 21.2. The SMILES string of the molecule is C=CCc1cc(/C=N\NC(=O)C(O)(c2ccccc2)c2ccccc2)cc(OC)c1OCC. The fourth-order valence-corrected chi connectivity index (χ4v) is 3.56. The Morgan fingerprint density at radius 3 is 2.21 bits per heavy atom. The highest BCUT2D eigenvalue weighted by atomic mass is 16.5. The molecule has 0 spiro atoms. The van der Waals surface area contributed by atoms with E-state index in [2.05, 4.69) is 17.1 Å². The van der Waals surface area contributed by atoms with Crippen LogP contribution in [-0.4, -0.2) is 30.9 Å². The minimum atomic E-state index is -1.90. The van der Waals surface area contributed by atoms with E-state index in [4.69, 9.17) is 9.47 Å². The average molecular weight is 445 g/mol. The molecule has 0 bridgehead atoms. The minimum Gasteiger partial charge on any atom is -0.493 e. The summed E-state index contributed by atoms with van der Waals surface area (Å²) in [6.45, 7) is 6.20. The van der Waals surface area contributed by atoms with Crippen molar-refractivity contribution in [2.24, 2.45) is 5.10 Å². The molecule has 170 valence electrons. The molecule has 0 fully saturated rings. The van der Waals surface area contributed by atoms with E-state index in [9.17, 15) is 9.90 Å². The number of nitrogens with zero attached hydrogens (tertiary/aromatic N) is 1. The van der Waals surface area contributed by atoms with Crippen LogP contribution in [0.4, 0.5) is 0 Å². The zero-order valence-corrected chi connectivity index (χ0v) is 18.8. The van der Waals surface area contributed by atoms with Gasteiger partial charge in [0.25, 0.3) is 5.91 Å². The Bertz CT molecular complexity index is 1070. The van der Waals surface area contributed by atoms with Gasteiger partial charge >= 0.3 is 0 Å². The maximum Gasteiger partial charge on any atom is 0.281 e. The van der Waals surface area contributed by atoms with Crippen LogP contribution in [0.15, 0.2) is 90.6 Å². The largest absolute Gasteiger partial charge is 0.493 e. The molecular weight excluding hydrogens is 416 g/mol. The molecule has 0 aromatic heterocycles. The van der Waals surface area contributed by atoms with Crippen molar-refractivity contribution in [1.82, 2.24) is 5.43 Å². The molecule has 6 heteroatoms. The molecule has 0 aliphatic carbocycles. The molecule has 6 nitrogen and oxygen atoms in total. The number of benzene rings is 3. The molecule has 33 heavy (non-hydrogen) atoms. The van der Waals surface area contributed by atoms with E-state index in [-0.39, 0.29) is 0 Å². The van der Waals surface area contributed by atoms with Gasteiger partial charge in [-0.25, -0.2) is 5.43 Å². The maximum atomic E-state index is 13.2. The quantitative estimate of drug-likeness (QED) is 0.279. The fourth-order valence-electron chi connectivity index (χ4n) is 3.56. The second kappa shape index (κ2) is 11.1. The zero-order valence-electron chi connectivity index (χ0n) is 18.8. The van der Waals surface area contributed by atoms with E-state index < -0.39 is 11.5 Å². The maximum absolute atomic E-state index is 13.2. The van der Waals surface area contributed by atoms with Gasteiger partial charge in [0.05, 0.1) is 19.9 Å². The Morgan fingerprint density at radius 2 is 1.70 bits per heavy atom. The molecule has 3 aromatic carbocycles. The van der Waals surface area contributed by atoms with Gasteiger partial charge in [0.1, 0.15) is 0 Å². The number of rotatable bonds is 10. The molecule has 3 rings (SSSR count). The normalized spacial score (nSPS) is 11.2. The number of amides is 1. The Morgan fingerprint density at radius 1 is 1.09 bits per heavy atom. The smallest absolute Gasteiger partial charge is 0.281 e. The van der Waals surface area contributed by atoms with Crippen molar-refractivity contribution in [2.45, 2.75) is 18.9 Å². The lowest BCUT2D eigenvalue weighted by Gasteiger charge is -2.27. The van der Waals surface area contributed by atoms with Gasteiger partial charge in [-0.15, -0.1) is 6.58 Å². The summed E-state index contributed by atoms with van der Waals surface area (Å²) in [5, 5.41) is 15.6. The molecule has 0 radical (unpaired) electrons. The molecule has 0 saturated heterocycles. The van der Waals surface area contributed by atoms with Crippen molar-refractivity contribution in [1.29, 1.82) is 0 Å². The number of aliphatic hydroxyl groups is 1. The van der Waals surface area contributed by atoms with E-state index >= 15 is 0 Å². The Kier molecular flexibility index (Phi) is 8.00. The number of carbonyl (C=O) groups is 1. The zero-order chi connectivity index (χ0) is 23.7. The molecule has 0 heterocycles. The van der Waals surface area contributed by atoms with Gasteiger partial charge in [0.2, 0.25) is 0 Å². The predicted molar refractivity (Wildman–Crippen MR) is 130 cm³/mol. The van der Waals surface area contributed by atoms with Gasteiger partial charge in [-0.3, -0.25) is 4.79 Å². The highest BCUT2D eigenvalue weighted by molar-refractivity contribution is 5.91. The van der Waals surface area contributed by atoms with E-state index in [0.717, 1.165) is 5.56 Å². The standard InChI is InChI=1S/C27H28N2O4/c1-4-12-21-17-20(18-24(32-3)25(21)33-5-2)19-28-29-26(30)27(31,22-13-8-6-9-14-22)23-15-10-7-11-16-23/h4,6-11,13-19,31H,1,5,12H2,2-3H3,(H,29,30)/b28-19-. The first kappa shape index (κ1) is 23.8. The van der Waals surface area contributed by atoms with Crippen molar-refractivity contribution < 1.29 is 19.4 Å². The van der Waals surface area contributed by atoms with Crippen LogP contribution in [0.1, 0.15) is 29.2 Å². The number of ether oxygens (including phenoxy) is 2. The van der Waals surface area contributed by atoms with Gasteiger partial charge in [-0.1, -0.05) is 66.7 Å². The summed E-state index contributed by atoms with van der Waals surface area (Å²) < 4.78 is 11.2. The molecule has 1 amide bonds. The summed E-state index contributed by atoms with van der Waals surface area (Å²) in [6.07, 6.45) is 3.86. The van der Waals surface area contributed by atoms with E-state index in [1.165, 1.54) is 6.21 Å². The summed E-state index contributed by atoms with van der Waals surface area (Å²) in [7, 11) is 1.57. The second-order valence-electron chi connectivity index (χ2n) is 7.28. The summed E-state index contributed by atoms with van der Waals surface area (Å²) in [4.78, 5) is 13.2. The molecule has 0 atom stereocenters. The third-order valence-electron chi connectivity index (χ3n) is 5.12. The first-order valence-electron chi connectivity index (χ1n) is 10.7. The van der Waals surface area contributed by atoms with Crippen molar-refractivity contribution in [3.63, 3.8) is 0 Å². The van der Waals surface area contributed by atoms with Crippen molar-refractivity contribution in [3.8, 4) is 11.5 Å². The Hall–Kier alpha value is -3.90. The van der Waals surface area contributed by atoms with Gasteiger partial charge in [0.15, 0.2) is 17.1 Å². The van der Waals surface area contributed by atoms with Crippen LogP contribution in [-0.2, 0) is 16.8 Å². The van der Waals surface area contributed by atoms with E-state index in [0.29, 0.717) is 41.2 Å². The summed E-state index contributed by atoms with van der Waals surface area (Å²) >= 11 is 0. The molecule has 0 aliphatic heterocycles. The number of hydrazone groups is 1. The predicted octanol–water partition coefficient (Wildman–Crippen LogP) is 4.21. The lowest BCUT2D eigenvalue weighted by Crippen LogP contribution is -2.43. The molecule has 2 N–H and O–H groups in total. The van der Waals surface area contributed by atoms with E-state index in [1.54, 1.807) is 67.8 Å². The first-order valence-corrected chi connectivity index (χ1v) is 10.7. The third kappa shape index (κ3) is 5.30. The van der Waals surface area contributed by atoms with Crippen molar-refractivity contribution >= 4 is 12.1 Å². The van der Waals surface area contributed by atoms with Crippen molar-refractivity contribution in [3.05, 3.63) is 108 Å².